The van der Waals surface area contributed by atoms with E-state index in [9.17, 15) is 0 Å². The Kier molecular flexibility index (Phi) is 4.22. The minimum absolute atomic E-state index is 0.502. The van der Waals surface area contributed by atoms with Crippen LogP contribution in [0.1, 0.15) is 51.5 Å². The predicted molar refractivity (Wildman–Crippen MR) is 71.9 cm³/mol. The Bertz CT molecular complexity index is 325. The largest absolute Gasteiger partial charge is 0.374 e. The van der Waals surface area contributed by atoms with E-state index in [0.29, 0.717) is 11.5 Å². The van der Waals surface area contributed by atoms with Crippen molar-refractivity contribution in [3.8, 4) is 0 Å². The first-order valence-electron chi connectivity index (χ1n) is 6.93. The molecule has 0 radical (unpaired) electrons. The van der Waals surface area contributed by atoms with Gasteiger partial charge in [-0.2, -0.15) is 0 Å². The second-order valence-electron chi connectivity index (χ2n) is 5.43. The highest BCUT2D eigenvalue weighted by Crippen LogP contribution is 2.49. The number of hydrogen-bond donors (Lipinski definition) is 0. The van der Waals surface area contributed by atoms with Crippen LogP contribution in [0.3, 0.4) is 0 Å². The summed E-state index contributed by atoms with van der Waals surface area (Å²) in [6, 6.07) is 10.5. The van der Waals surface area contributed by atoms with Gasteiger partial charge in [0.2, 0.25) is 0 Å². The molecule has 1 aliphatic carbocycles. The van der Waals surface area contributed by atoms with Crippen molar-refractivity contribution in [1.82, 2.24) is 0 Å². The molecule has 0 unspecified atom stereocenters. The molecule has 0 N–H and O–H groups in total. The third-order valence-electron chi connectivity index (χ3n) is 4.18. The Morgan fingerprint density at radius 3 is 2.47 bits per heavy atom. The van der Waals surface area contributed by atoms with Crippen molar-refractivity contribution in [2.75, 3.05) is 0 Å². The van der Waals surface area contributed by atoms with Gasteiger partial charge in [0.05, 0.1) is 12.7 Å². The number of rotatable bonds is 6. The van der Waals surface area contributed by atoms with Crippen LogP contribution in [0.4, 0.5) is 0 Å². The van der Waals surface area contributed by atoms with Crippen molar-refractivity contribution < 1.29 is 4.74 Å². The standard InChI is InChI=1S/C16H24O/c1-3-10-16(4-2)11-15(12-16)17-13-14-8-6-5-7-9-14/h5-9,15H,3-4,10-13H2,1-2H3. The minimum atomic E-state index is 0.502. The van der Waals surface area contributed by atoms with Gasteiger partial charge in [-0.25, -0.2) is 0 Å². The summed E-state index contributed by atoms with van der Waals surface area (Å²) in [5.41, 5.74) is 1.90. The van der Waals surface area contributed by atoms with E-state index in [0.717, 1.165) is 6.61 Å². The van der Waals surface area contributed by atoms with E-state index < -0.39 is 0 Å². The molecule has 0 amide bonds. The fourth-order valence-corrected chi connectivity index (χ4v) is 3.01. The molecule has 0 atom stereocenters. The van der Waals surface area contributed by atoms with Gasteiger partial charge in [-0.15, -0.1) is 0 Å². The molecular formula is C16H24O. The zero-order valence-electron chi connectivity index (χ0n) is 11.1. The van der Waals surface area contributed by atoms with E-state index in [-0.39, 0.29) is 0 Å². The maximum Gasteiger partial charge on any atom is 0.0720 e. The Morgan fingerprint density at radius 1 is 1.18 bits per heavy atom. The van der Waals surface area contributed by atoms with Crippen LogP contribution in [-0.4, -0.2) is 6.10 Å². The topological polar surface area (TPSA) is 9.23 Å². The predicted octanol–water partition coefficient (Wildman–Crippen LogP) is 4.56. The van der Waals surface area contributed by atoms with E-state index in [2.05, 4.69) is 44.2 Å². The van der Waals surface area contributed by atoms with E-state index in [1.165, 1.54) is 37.7 Å². The number of benzene rings is 1. The first-order chi connectivity index (χ1) is 8.28. The molecule has 1 saturated carbocycles. The average molecular weight is 232 g/mol. The van der Waals surface area contributed by atoms with E-state index in [4.69, 9.17) is 4.74 Å². The third kappa shape index (κ3) is 3.10. The molecule has 1 aromatic rings. The molecule has 1 fully saturated rings. The van der Waals surface area contributed by atoms with Crippen molar-refractivity contribution >= 4 is 0 Å². The molecule has 0 aromatic heterocycles. The molecular weight excluding hydrogens is 208 g/mol. The summed E-state index contributed by atoms with van der Waals surface area (Å²) in [4.78, 5) is 0. The van der Waals surface area contributed by atoms with Gasteiger partial charge >= 0.3 is 0 Å². The molecule has 1 nitrogen and oxygen atoms in total. The van der Waals surface area contributed by atoms with Gasteiger partial charge in [0, 0.05) is 0 Å². The highest BCUT2D eigenvalue weighted by atomic mass is 16.5. The molecule has 1 heteroatoms. The fourth-order valence-electron chi connectivity index (χ4n) is 3.01. The Hall–Kier alpha value is -0.820. The summed E-state index contributed by atoms with van der Waals surface area (Å²) >= 11 is 0. The lowest BCUT2D eigenvalue weighted by Crippen LogP contribution is -2.41. The normalized spacial score (nSPS) is 27.8. The lowest BCUT2D eigenvalue weighted by molar-refractivity contribution is -0.0939. The van der Waals surface area contributed by atoms with Crippen LogP contribution in [0.25, 0.3) is 0 Å². The maximum atomic E-state index is 5.97. The first kappa shape index (κ1) is 12.6. The molecule has 94 valence electrons. The van der Waals surface area contributed by atoms with Gasteiger partial charge < -0.3 is 4.74 Å². The highest BCUT2D eigenvalue weighted by molar-refractivity contribution is 5.13. The molecule has 0 heterocycles. The molecule has 0 saturated heterocycles. The smallest absolute Gasteiger partial charge is 0.0720 e. The quantitative estimate of drug-likeness (QED) is 0.698. The third-order valence-corrected chi connectivity index (χ3v) is 4.18. The molecule has 0 aliphatic heterocycles. The summed E-state index contributed by atoms with van der Waals surface area (Å²) in [6.07, 6.45) is 7.02. The van der Waals surface area contributed by atoms with Crippen molar-refractivity contribution in [3.05, 3.63) is 35.9 Å². The van der Waals surface area contributed by atoms with E-state index in [1.807, 2.05) is 0 Å². The second kappa shape index (κ2) is 5.68. The van der Waals surface area contributed by atoms with Crippen LogP contribution < -0.4 is 0 Å². The molecule has 17 heavy (non-hydrogen) atoms. The van der Waals surface area contributed by atoms with Crippen molar-refractivity contribution in [1.29, 1.82) is 0 Å². The lowest BCUT2D eigenvalue weighted by Gasteiger charge is -2.47. The molecule has 0 bridgehead atoms. The lowest BCUT2D eigenvalue weighted by atomic mass is 9.63. The van der Waals surface area contributed by atoms with E-state index in [1.54, 1.807) is 0 Å². The Balaban J connectivity index is 1.74. The summed E-state index contributed by atoms with van der Waals surface area (Å²) < 4.78 is 5.97. The number of hydrogen-bond acceptors (Lipinski definition) is 1. The zero-order chi connectivity index (χ0) is 12.1. The molecule has 1 aliphatic rings. The van der Waals surface area contributed by atoms with Gasteiger partial charge in [0.15, 0.2) is 0 Å². The number of ether oxygens (including phenoxy) is 1. The van der Waals surface area contributed by atoms with Crippen LogP contribution in [0, 0.1) is 5.41 Å². The maximum absolute atomic E-state index is 5.97. The van der Waals surface area contributed by atoms with Gasteiger partial charge in [0.1, 0.15) is 0 Å². The fraction of sp³-hybridized carbons (Fsp3) is 0.625. The van der Waals surface area contributed by atoms with Gasteiger partial charge in [-0.3, -0.25) is 0 Å². The SMILES string of the molecule is CCCC1(CC)CC(OCc2ccccc2)C1. The van der Waals surface area contributed by atoms with Crippen LogP contribution in [0.15, 0.2) is 30.3 Å². The first-order valence-corrected chi connectivity index (χ1v) is 6.93. The second-order valence-corrected chi connectivity index (χ2v) is 5.43. The highest BCUT2D eigenvalue weighted by Gasteiger charge is 2.42. The Morgan fingerprint density at radius 2 is 1.88 bits per heavy atom. The van der Waals surface area contributed by atoms with Gasteiger partial charge in [-0.05, 0) is 30.2 Å². The van der Waals surface area contributed by atoms with Gasteiger partial charge in [-0.1, -0.05) is 57.0 Å². The van der Waals surface area contributed by atoms with Crippen LogP contribution in [0.5, 0.6) is 0 Å². The summed E-state index contributed by atoms with van der Waals surface area (Å²) in [5, 5.41) is 0. The zero-order valence-corrected chi connectivity index (χ0v) is 11.1. The Labute approximate surface area is 105 Å². The monoisotopic (exact) mass is 232 g/mol. The van der Waals surface area contributed by atoms with Crippen LogP contribution in [0.2, 0.25) is 0 Å². The summed E-state index contributed by atoms with van der Waals surface area (Å²) in [7, 11) is 0. The van der Waals surface area contributed by atoms with Crippen molar-refractivity contribution in [2.45, 2.75) is 58.7 Å². The molecule has 1 aromatic carbocycles. The minimum Gasteiger partial charge on any atom is -0.374 e. The van der Waals surface area contributed by atoms with E-state index >= 15 is 0 Å². The van der Waals surface area contributed by atoms with Crippen molar-refractivity contribution in [3.63, 3.8) is 0 Å². The van der Waals surface area contributed by atoms with Crippen molar-refractivity contribution in [2.24, 2.45) is 5.41 Å². The van der Waals surface area contributed by atoms with Gasteiger partial charge in [0.25, 0.3) is 0 Å². The summed E-state index contributed by atoms with van der Waals surface area (Å²) in [5.74, 6) is 0. The average Bonchev–Trinajstić information content (AvgIpc) is 2.33. The molecule has 2 rings (SSSR count). The molecule has 0 spiro atoms. The summed E-state index contributed by atoms with van der Waals surface area (Å²) in [6.45, 7) is 5.38. The van der Waals surface area contributed by atoms with Crippen LogP contribution >= 0.6 is 0 Å². The van der Waals surface area contributed by atoms with Crippen LogP contribution in [-0.2, 0) is 11.3 Å².